The van der Waals surface area contributed by atoms with Crippen molar-refractivity contribution >= 4 is 12.0 Å². The Balaban J connectivity index is 2.00. The van der Waals surface area contributed by atoms with E-state index >= 15 is 0 Å². The zero-order valence-electron chi connectivity index (χ0n) is 13.2. The summed E-state index contributed by atoms with van der Waals surface area (Å²) in [5, 5.41) is 0. The SMILES string of the molecule is CC(C)C(=O)N1CC2CCN(C(=O)OC(C)(C)C)C2C1. The van der Waals surface area contributed by atoms with Gasteiger partial charge in [-0.05, 0) is 27.2 Å². The summed E-state index contributed by atoms with van der Waals surface area (Å²) in [6.07, 6.45) is 0.718. The quantitative estimate of drug-likeness (QED) is 0.740. The molecule has 2 aliphatic rings. The molecule has 0 saturated carbocycles. The molecule has 5 nitrogen and oxygen atoms in total. The number of carbonyl (C=O) groups excluding carboxylic acids is 2. The number of ether oxygens (including phenoxy) is 1. The minimum atomic E-state index is -0.471. The van der Waals surface area contributed by atoms with Gasteiger partial charge < -0.3 is 14.5 Å². The molecule has 114 valence electrons. The summed E-state index contributed by atoms with van der Waals surface area (Å²) in [5.74, 6) is 0.609. The van der Waals surface area contributed by atoms with E-state index in [2.05, 4.69) is 0 Å². The van der Waals surface area contributed by atoms with E-state index in [1.807, 2.05) is 44.4 Å². The van der Waals surface area contributed by atoms with Crippen molar-refractivity contribution in [3.63, 3.8) is 0 Å². The molecule has 2 amide bonds. The number of likely N-dealkylation sites (tertiary alicyclic amines) is 2. The number of amides is 2. The van der Waals surface area contributed by atoms with Crippen molar-refractivity contribution in [1.82, 2.24) is 9.80 Å². The third-order valence-corrected chi connectivity index (χ3v) is 3.98. The van der Waals surface area contributed by atoms with Gasteiger partial charge in [0.2, 0.25) is 5.91 Å². The number of hydrogen-bond acceptors (Lipinski definition) is 3. The maximum Gasteiger partial charge on any atom is 0.410 e. The molecule has 2 aliphatic heterocycles. The van der Waals surface area contributed by atoms with Crippen LogP contribution in [0.4, 0.5) is 4.79 Å². The molecule has 0 aliphatic carbocycles. The van der Waals surface area contributed by atoms with Crippen LogP contribution in [0.25, 0.3) is 0 Å². The predicted molar refractivity (Wildman–Crippen MR) is 76.3 cm³/mol. The topological polar surface area (TPSA) is 49.9 Å². The van der Waals surface area contributed by atoms with Crippen molar-refractivity contribution in [2.45, 2.75) is 52.7 Å². The van der Waals surface area contributed by atoms with E-state index in [0.717, 1.165) is 19.5 Å². The molecule has 2 rings (SSSR count). The van der Waals surface area contributed by atoms with Crippen molar-refractivity contribution in [2.75, 3.05) is 19.6 Å². The van der Waals surface area contributed by atoms with Crippen molar-refractivity contribution in [2.24, 2.45) is 11.8 Å². The van der Waals surface area contributed by atoms with E-state index in [1.54, 1.807) is 0 Å². The number of rotatable bonds is 1. The zero-order chi connectivity index (χ0) is 15.1. The maximum atomic E-state index is 12.2. The summed E-state index contributed by atoms with van der Waals surface area (Å²) < 4.78 is 5.46. The van der Waals surface area contributed by atoms with Crippen LogP contribution in [0.15, 0.2) is 0 Å². The summed E-state index contributed by atoms with van der Waals surface area (Å²) in [4.78, 5) is 28.0. The Hall–Kier alpha value is -1.26. The molecule has 2 fully saturated rings. The average molecular weight is 282 g/mol. The molecule has 0 aromatic carbocycles. The Morgan fingerprint density at radius 3 is 2.40 bits per heavy atom. The Kier molecular flexibility index (Phi) is 3.98. The standard InChI is InChI=1S/C15H26N2O3/c1-10(2)13(18)16-8-11-6-7-17(12(11)9-16)14(19)20-15(3,4)5/h10-12H,6-9H2,1-5H3. The minimum absolute atomic E-state index is 0.0174. The maximum absolute atomic E-state index is 12.2. The number of hydrogen-bond donors (Lipinski definition) is 0. The van der Waals surface area contributed by atoms with Gasteiger partial charge in [-0.1, -0.05) is 13.8 Å². The molecule has 2 saturated heterocycles. The molecule has 2 heterocycles. The lowest BCUT2D eigenvalue weighted by molar-refractivity contribution is -0.133. The van der Waals surface area contributed by atoms with Crippen molar-refractivity contribution in [1.29, 1.82) is 0 Å². The van der Waals surface area contributed by atoms with Gasteiger partial charge in [-0.3, -0.25) is 4.79 Å². The first kappa shape index (κ1) is 15.1. The molecular formula is C15H26N2O3. The van der Waals surface area contributed by atoms with Crippen LogP contribution in [0, 0.1) is 11.8 Å². The van der Waals surface area contributed by atoms with Crippen LogP contribution >= 0.6 is 0 Å². The van der Waals surface area contributed by atoms with E-state index in [0.29, 0.717) is 12.5 Å². The third-order valence-electron chi connectivity index (χ3n) is 3.98. The second-order valence-corrected chi connectivity index (χ2v) is 7.19. The lowest BCUT2D eigenvalue weighted by Crippen LogP contribution is -2.43. The highest BCUT2D eigenvalue weighted by Crippen LogP contribution is 2.33. The first-order valence-corrected chi connectivity index (χ1v) is 7.47. The van der Waals surface area contributed by atoms with Gasteiger partial charge >= 0.3 is 6.09 Å². The lowest BCUT2D eigenvalue weighted by atomic mass is 10.1. The summed E-state index contributed by atoms with van der Waals surface area (Å²) in [6, 6.07) is 0.132. The third kappa shape index (κ3) is 3.07. The molecule has 2 unspecified atom stereocenters. The van der Waals surface area contributed by atoms with E-state index < -0.39 is 5.60 Å². The largest absolute Gasteiger partial charge is 0.444 e. The second kappa shape index (κ2) is 5.26. The fourth-order valence-corrected chi connectivity index (χ4v) is 3.05. The molecule has 0 spiro atoms. The van der Waals surface area contributed by atoms with Gasteiger partial charge in [-0.2, -0.15) is 0 Å². The van der Waals surface area contributed by atoms with Crippen LogP contribution in [-0.2, 0) is 9.53 Å². The molecule has 0 aromatic heterocycles. The van der Waals surface area contributed by atoms with E-state index in [9.17, 15) is 9.59 Å². The molecule has 5 heteroatoms. The van der Waals surface area contributed by atoms with Gasteiger partial charge in [0, 0.05) is 31.5 Å². The van der Waals surface area contributed by atoms with Crippen LogP contribution in [-0.4, -0.2) is 53.1 Å². The van der Waals surface area contributed by atoms with Crippen LogP contribution in [0.2, 0.25) is 0 Å². The van der Waals surface area contributed by atoms with E-state index in [4.69, 9.17) is 4.74 Å². The molecular weight excluding hydrogens is 256 g/mol. The Morgan fingerprint density at radius 2 is 1.85 bits per heavy atom. The Labute approximate surface area is 121 Å². The van der Waals surface area contributed by atoms with Crippen LogP contribution in [0.3, 0.4) is 0 Å². The van der Waals surface area contributed by atoms with Gasteiger partial charge in [0.15, 0.2) is 0 Å². The normalized spacial score (nSPS) is 26.1. The predicted octanol–water partition coefficient (Wildman–Crippen LogP) is 2.11. The summed E-state index contributed by atoms with van der Waals surface area (Å²) in [6.45, 7) is 11.6. The van der Waals surface area contributed by atoms with Crippen molar-refractivity contribution < 1.29 is 14.3 Å². The molecule has 0 N–H and O–H groups in total. The first-order valence-electron chi connectivity index (χ1n) is 7.47. The Bertz CT molecular complexity index is 400. The van der Waals surface area contributed by atoms with Crippen molar-refractivity contribution in [3.8, 4) is 0 Å². The lowest BCUT2D eigenvalue weighted by Gasteiger charge is -2.28. The fourth-order valence-electron chi connectivity index (χ4n) is 3.05. The van der Waals surface area contributed by atoms with Crippen LogP contribution < -0.4 is 0 Å². The zero-order valence-corrected chi connectivity index (χ0v) is 13.2. The van der Waals surface area contributed by atoms with Gasteiger partial charge in [0.25, 0.3) is 0 Å². The molecule has 0 bridgehead atoms. The van der Waals surface area contributed by atoms with E-state index in [-0.39, 0.29) is 24.0 Å². The van der Waals surface area contributed by atoms with Gasteiger partial charge in [0.05, 0.1) is 6.04 Å². The molecule has 0 radical (unpaired) electrons. The van der Waals surface area contributed by atoms with Gasteiger partial charge in [0.1, 0.15) is 5.60 Å². The Morgan fingerprint density at radius 1 is 1.20 bits per heavy atom. The fraction of sp³-hybridized carbons (Fsp3) is 0.867. The van der Waals surface area contributed by atoms with Crippen LogP contribution in [0.1, 0.15) is 41.0 Å². The number of nitrogens with zero attached hydrogens (tertiary/aromatic N) is 2. The second-order valence-electron chi connectivity index (χ2n) is 7.19. The summed E-state index contributed by atoms with van der Waals surface area (Å²) in [7, 11) is 0. The summed E-state index contributed by atoms with van der Waals surface area (Å²) >= 11 is 0. The highest BCUT2D eigenvalue weighted by molar-refractivity contribution is 5.79. The van der Waals surface area contributed by atoms with Crippen molar-refractivity contribution in [3.05, 3.63) is 0 Å². The highest BCUT2D eigenvalue weighted by Gasteiger charge is 2.45. The van der Waals surface area contributed by atoms with Crippen LogP contribution in [0.5, 0.6) is 0 Å². The smallest absolute Gasteiger partial charge is 0.410 e. The van der Waals surface area contributed by atoms with E-state index in [1.165, 1.54) is 0 Å². The first-order chi connectivity index (χ1) is 9.19. The van der Waals surface area contributed by atoms with Gasteiger partial charge in [-0.25, -0.2) is 4.79 Å². The summed E-state index contributed by atoms with van der Waals surface area (Å²) in [5.41, 5.74) is -0.471. The highest BCUT2D eigenvalue weighted by atomic mass is 16.6. The minimum Gasteiger partial charge on any atom is -0.444 e. The number of fused-ring (bicyclic) bond motifs is 1. The molecule has 20 heavy (non-hydrogen) atoms. The van der Waals surface area contributed by atoms with Gasteiger partial charge in [-0.15, -0.1) is 0 Å². The number of carbonyl (C=O) groups is 2. The monoisotopic (exact) mass is 282 g/mol. The molecule has 0 aromatic rings. The molecule has 2 atom stereocenters. The average Bonchev–Trinajstić information content (AvgIpc) is 2.83.